The number of carbonyl (C=O) groups excluding carboxylic acids is 2. The normalized spacial score (nSPS) is 12.9. The van der Waals surface area contributed by atoms with Crippen LogP contribution in [-0.4, -0.2) is 46.9 Å². The molecule has 31 heavy (non-hydrogen) atoms. The van der Waals surface area contributed by atoms with Gasteiger partial charge in [0.25, 0.3) is 5.91 Å². The second-order valence-electron chi connectivity index (χ2n) is 7.04. The lowest BCUT2D eigenvalue weighted by Gasteiger charge is -2.12. The van der Waals surface area contributed by atoms with Crippen molar-refractivity contribution in [1.29, 1.82) is 0 Å². The van der Waals surface area contributed by atoms with E-state index in [0.717, 1.165) is 6.42 Å². The number of benzene rings is 1. The summed E-state index contributed by atoms with van der Waals surface area (Å²) in [5.74, 6) is -0.374. The Morgan fingerprint density at radius 3 is 2.32 bits per heavy atom. The van der Waals surface area contributed by atoms with Crippen molar-refractivity contribution in [3.05, 3.63) is 53.9 Å². The smallest absolute Gasteiger partial charge is 0.305 e. The summed E-state index contributed by atoms with van der Waals surface area (Å²) in [4.78, 5) is 25.2. The fourth-order valence-corrected chi connectivity index (χ4v) is 2.38. The first-order valence-electron chi connectivity index (χ1n) is 10.2. The predicted molar refractivity (Wildman–Crippen MR) is 117 cm³/mol. The molecule has 0 saturated heterocycles. The zero-order valence-electron chi connectivity index (χ0n) is 18.3. The van der Waals surface area contributed by atoms with Gasteiger partial charge in [0.05, 0.1) is 7.11 Å². The number of aromatic nitrogens is 1. The molecule has 0 spiro atoms. The molecule has 1 aromatic carbocycles. The molecule has 1 saturated carbocycles. The van der Waals surface area contributed by atoms with Gasteiger partial charge < -0.3 is 25.4 Å². The van der Waals surface area contributed by atoms with Gasteiger partial charge in [-0.3, -0.25) is 9.59 Å². The molecule has 4 N–H and O–H groups in total. The van der Waals surface area contributed by atoms with Gasteiger partial charge in [-0.2, -0.15) is 0 Å². The number of esters is 1. The molecule has 3 rings (SSSR count). The molecular formula is C23H32N2O6. The lowest BCUT2D eigenvalue weighted by molar-refractivity contribution is -0.147. The molecule has 1 fully saturated rings. The minimum absolute atomic E-state index is 0.0372. The van der Waals surface area contributed by atoms with Gasteiger partial charge in [0, 0.05) is 31.7 Å². The van der Waals surface area contributed by atoms with Gasteiger partial charge in [-0.15, -0.1) is 0 Å². The molecule has 1 aliphatic carbocycles. The van der Waals surface area contributed by atoms with Crippen molar-refractivity contribution < 1.29 is 29.3 Å². The summed E-state index contributed by atoms with van der Waals surface area (Å²) in [7, 11) is 1.37. The Morgan fingerprint density at radius 2 is 1.87 bits per heavy atom. The predicted octanol–water partition coefficient (Wildman–Crippen LogP) is 2.85. The van der Waals surface area contributed by atoms with Crippen molar-refractivity contribution in [1.82, 2.24) is 4.98 Å². The molecule has 1 amide bonds. The van der Waals surface area contributed by atoms with Gasteiger partial charge in [0.1, 0.15) is 6.10 Å². The average molecular weight is 433 g/mol. The summed E-state index contributed by atoms with van der Waals surface area (Å²) in [6.45, 7) is 4.14. The summed E-state index contributed by atoms with van der Waals surface area (Å²) < 4.78 is 9.90. The van der Waals surface area contributed by atoms with Crippen molar-refractivity contribution in [3.63, 3.8) is 0 Å². The van der Waals surface area contributed by atoms with E-state index in [4.69, 9.17) is 20.3 Å². The minimum Gasteiger partial charge on any atom is -0.503 e. The van der Waals surface area contributed by atoms with Gasteiger partial charge in [-0.25, -0.2) is 4.98 Å². The van der Waals surface area contributed by atoms with E-state index in [1.807, 2.05) is 37.3 Å². The Balaban J connectivity index is 0.000000255. The highest BCUT2D eigenvalue weighted by molar-refractivity contribution is 5.94. The van der Waals surface area contributed by atoms with Gasteiger partial charge in [0.15, 0.2) is 17.2 Å². The molecule has 0 radical (unpaired) electrons. The highest BCUT2D eigenvalue weighted by Gasteiger charge is 2.18. The molecular weight excluding hydrogens is 400 g/mol. The largest absolute Gasteiger partial charge is 0.503 e. The minimum atomic E-state index is -0.786. The number of pyridine rings is 1. The van der Waals surface area contributed by atoms with E-state index in [2.05, 4.69) is 4.98 Å². The SMILES string of the molecule is CCC(=O)OC(C)Cc1ccccc1.COc1ccnc(C(N)=O)c1O.OCC1CC1. The second kappa shape index (κ2) is 14.0. The van der Waals surface area contributed by atoms with E-state index in [-0.39, 0.29) is 29.3 Å². The van der Waals surface area contributed by atoms with Gasteiger partial charge >= 0.3 is 5.97 Å². The van der Waals surface area contributed by atoms with E-state index in [0.29, 0.717) is 18.9 Å². The number of methoxy groups -OCH3 is 1. The number of carbonyl (C=O) groups is 2. The molecule has 1 heterocycles. The van der Waals surface area contributed by atoms with Crippen molar-refractivity contribution >= 4 is 11.9 Å². The van der Waals surface area contributed by atoms with Crippen LogP contribution in [0.5, 0.6) is 11.5 Å². The third-order valence-corrected chi connectivity index (χ3v) is 4.28. The second-order valence-corrected chi connectivity index (χ2v) is 7.04. The monoisotopic (exact) mass is 432 g/mol. The third-order valence-electron chi connectivity index (χ3n) is 4.28. The molecule has 0 bridgehead atoms. The molecule has 1 aromatic heterocycles. The molecule has 0 aliphatic heterocycles. The van der Waals surface area contributed by atoms with Crippen LogP contribution < -0.4 is 10.5 Å². The molecule has 1 unspecified atom stereocenters. The number of aliphatic hydroxyl groups is 1. The van der Waals surface area contributed by atoms with Crippen LogP contribution in [0.25, 0.3) is 0 Å². The first-order chi connectivity index (χ1) is 14.8. The molecule has 1 aliphatic rings. The Hall–Kier alpha value is -3.13. The Bertz CT molecular complexity index is 809. The summed E-state index contributed by atoms with van der Waals surface area (Å²) in [5.41, 5.74) is 5.93. The van der Waals surface area contributed by atoms with Crippen LogP contribution in [0.4, 0.5) is 0 Å². The van der Waals surface area contributed by atoms with E-state index in [1.54, 1.807) is 6.92 Å². The maximum absolute atomic E-state index is 11.0. The number of ether oxygens (including phenoxy) is 2. The maximum atomic E-state index is 11.0. The first-order valence-corrected chi connectivity index (χ1v) is 10.2. The fraction of sp³-hybridized carbons (Fsp3) is 0.435. The molecule has 8 heteroatoms. The van der Waals surface area contributed by atoms with Gasteiger partial charge in [-0.1, -0.05) is 37.3 Å². The van der Waals surface area contributed by atoms with E-state index >= 15 is 0 Å². The number of nitrogens with two attached hydrogens (primary N) is 1. The number of nitrogens with zero attached hydrogens (tertiary/aromatic N) is 1. The van der Waals surface area contributed by atoms with Crippen LogP contribution in [0.3, 0.4) is 0 Å². The van der Waals surface area contributed by atoms with Gasteiger partial charge in [-0.05, 0) is 31.2 Å². The zero-order chi connectivity index (χ0) is 23.2. The van der Waals surface area contributed by atoms with Crippen molar-refractivity contribution in [3.8, 4) is 11.5 Å². The van der Waals surface area contributed by atoms with Crippen LogP contribution in [0.2, 0.25) is 0 Å². The number of aromatic hydroxyl groups is 1. The van der Waals surface area contributed by atoms with Crippen molar-refractivity contribution in [2.24, 2.45) is 11.7 Å². The summed E-state index contributed by atoms with van der Waals surface area (Å²) in [6, 6.07) is 11.5. The Morgan fingerprint density at radius 1 is 1.23 bits per heavy atom. The highest BCUT2D eigenvalue weighted by atomic mass is 16.5. The van der Waals surface area contributed by atoms with Crippen LogP contribution in [-0.2, 0) is 16.0 Å². The van der Waals surface area contributed by atoms with Crippen LogP contribution in [0.15, 0.2) is 42.6 Å². The topological polar surface area (TPSA) is 132 Å². The van der Waals surface area contributed by atoms with Gasteiger partial charge in [0.2, 0.25) is 0 Å². The zero-order valence-corrected chi connectivity index (χ0v) is 18.3. The lowest BCUT2D eigenvalue weighted by Crippen LogP contribution is -2.16. The summed E-state index contributed by atoms with van der Waals surface area (Å²) in [6.07, 6.45) is 5.04. The first kappa shape index (κ1) is 25.9. The van der Waals surface area contributed by atoms with Crippen molar-refractivity contribution in [2.75, 3.05) is 13.7 Å². The molecule has 170 valence electrons. The fourth-order valence-electron chi connectivity index (χ4n) is 2.38. The maximum Gasteiger partial charge on any atom is 0.305 e. The van der Waals surface area contributed by atoms with Crippen molar-refractivity contribution in [2.45, 2.75) is 45.6 Å². The molecule has 1 atom stereocenters. The van der Waals surface area contributed by atoms with E-state index < -0.39 is 5.91 Å². The average Bonchev–Trinajstić information content (AvgIpc) is 3.60. The summed E-state index contributed by atoms with van der Waals surface area (Å²) >= 11 is 0. The Labute approximate surface area is 183 Å². The number of hydrogen-bond acceptors (Lipinski definition) is 7. The number of primary amides is 1. The van der Waals surface area contributed by atoms with Crippen LogP contribution in [0.1, 0.15) is 49.2 Å². The Kier molecular flexibility index (Phi) is 11.7. The number of amides is 1. The number of aliphatic hydroxyl groups excluding tert-OH is 1. The number of hydrogen-bond donors (Lipinski definition) is 3. The highest BCUT2D eigenvalue weighted by Crippen LogP contribution is 2.27. The van der Waals surface area contributed by atoms with E-state index in [9.17, 15) is 14.7 Å². The van der Waals surface area contributed by atoms with Crippen LogP contribution >= 0.6 is 0 Å². The van der Waals surface area contributed by atoms with Crippen LogP contribution in [0, 0.1) is 5.92 Å². The lowest BCUT2D eigenvalue weighted by atomic mass is 10.1. The van der Waals surface area contributed by atoms with E-state index in [1.165, 1.54) is 37.8 Å². The quantitative estimate of drug-likeness (QED) is 0.573. The third kappa shape index (κ3) is 10.5. The summed E-state index contributed by atoms with van der Waals surface area (Å²) in [5, 5.41) is 17.5. The number of rotatable bonds is 7. The molecule has 8 nitrogen and oxygen atoms in total. The molecule has 2 aromatic rings. The standard InChI is InChI=1S/C12H16O2.C7H8N2O3.C4H8O/c1-3-12(13)14-10(2)9-11-7-5-4-6-8-11;1-12-4-2-3-9-5(6(4)10)7(8)11;5-3-4-1-2-4/h4-8,10H,3,9H2,1-2H3;2-3,10H,1H3,(H2,8,11);4-5H,1-3H2.